The van der Waals surface area contributed by atoms with Crippen LogP contribution in [0, 0.1) is 0 Å². The molecule has 1 aliphatic heterocycles. The fourth-order valence-corrected chi connectivity index (χ4v) is 5.10. The predicted molar refractivity (Wildman–Crippen MR) is 82.3 cm³/mol. The molecule has 0 spiro atoms. The second-order valence-corrected chi connectivity index (χ2v) is 7.53. The predicted octanol–water partition coefficient (Wildman–Crippen LogP) is 3.21. The molecule has 0 aromatic carbocycles. The second kappa shape index (κ2) is 6.87. The minimum atomic E-state index is 0.514. The number of nitrogens with one attached hydrogen (secondary N) is 2. The Kier molecular flexibility index (Phi) is 5.45. The summed E-state index contributed by atoms with van der Waals surface area (Å²) in [6.07, 6.45) is 3.21. The van der Waals surface area contributed by atoms with E-state index in [2.05, 4.69) is 59.6 Å². The van der Waals surface area contributed by atoms with Gasteiger partial charge in [0, 0.05) is 41.2 Å². The summed E-state index contributed by atoms with van der Waals surface area (Å²) in [5.41, 5.74) is 1.20. The lowest BCUT2D eigenvalue weighted by Gasteiger charge is -2.28. The zero-order valence-electron chi connectivity index (χ0n) is 11.4. The van der Waals surface area contributed by atoms with Crippen molar-refractivity contribution < 1.29 is 0 Å². The summed E-state index contributed by atoms with van der Waals surface area (Å²) in [5, 5.41) is 4.67. The molecule has 1 aromatic heterocycles. The summed E-state index contributed by atoms with van der Waals surface area (Å²) in [4.78, 5) is 8.08. The third-order valence-electron chi connectivity index (χ3n) is 3.07. The molecule has 0 saturated carbocycles. The van der Waals surface area contributed by atoms with Crippen LogP contribution < -0.4 is 5.32 Å². The number of nitrogens with zero attached hydrogens (tertiary/aromatic N) is 1. The molecule has 102 valence electrons. The highest BCUT2D eigenvalue weighted by Gasteiger charge is 2.28. The maximum Gasteiger partial charge on any atom is 0.120 e. The van der Waals surface area contributed by atoms with Crippen molar-refractivity contribution >= 4 is 23.5 Å². The molecule has 5 heteroatoms. The maximum atomic E-state index is 4.59. The lowest BCUT2D eigenvalue weighted by Crippen LogP contribution is -2.22. The smallest absolute Gasteiger partial charge is 0.120 e. The summed E-state index contributed by atoms with van der Waals surface area (Å²) in [5.74, 6) is 3.69. The topological polar surface area (TPSA) is 40.7 Å². The largest absolute Gasteiger partial charge is 0.344 e. The standard InChI is InChI=1S/C13H23N3S2/c1-4-11-12(18-6-5-17-11)13-15-8-10(16-13)7-14-9(2)3/h8-9,11-12,14H,4-7H2,1-3H3,(H,15,16). The molecule has 0 bridgehead atoms. The van der Waals surface area contributed by atoms with Gasteiger partial charge in [0.1, 0.15) is 5.82 Å². The van der Waals surface area contributed by atoms with Gasteiger partial charge in [0.15, 0.2) is 0 Å². The van der Waals surface area contributed by atoms with Crippen LogP contribution in [0.15, 0.2) is 6.20 Å². The molecule has 2 N–H and O–H groups in total. The summed E-state index contributed by atoms with van der Waals surface area (Å²) in [6.45, 7) is 7.49. The Hall–Kier alpha value is -0.130. The molecule has 18 heavy (non-hydrogen) atoms. The van der Waals surface area contributed by atoms with Gasteiger partial charge < -0.3 is 10.3 Å². The van der Waals surface area contributed by atoms with E-state index in [1.165, 1.54) is 29.4 Å². The Morgan fingerprint density at radius 2 is 2.22 bits per heavy atom. The lowest BCUT2D eigenvalue weighted by molar-refractivity contribution is 0.582. The number of thioether (sulfide) groups is 2. The number of H-pyrrole nitrogens is 1. The molecule has 2 rings (SSSR count). The Balaban J connectivity index is 1.99. The number of aromatic amines is 1. The van der Waals surface area contributed by atoms with Crippen LogP contribution >= 0.6 is 23.5 Å². The van der Waals surface area contributed by atoms with Gasteiger partial charge in [-0.1, -0.05) is 20.8 Å². The van der Waals surface area contributed by atoms with Crippen LogP contribution in [0.1, 0.15) is 44.0 Å². The molecule has 1 fully saturated rings. The third kappa shape index (κ3) is 3.68. The molecular formula is C13H23N3S2. The summed E-state index contributed by atoms with van der Waals surface area (Å²) in [6, 6.07) is 0.514. The minimum absolute atomic E-state index is 0.514. The molecule has 1 aliphatic rings. The summed E-state index contributed by atoms with van der Waals surface area (Å²) >= 11 is 4.15. The van der Waals surface area contributed by atoms with Gasteiger partial charge in [0.05, 0.1) is 5.25 Å². The van der Waals surface area contributed by atoms with Crippen LogP contribution in [-0.2, 0) is 6.54 Å². The fourth-order valence-electron chi connectivity index (χ4n) is 2.08. The van der Waals surface area contributed by atoms with Crippen molar-refractivity contribution in [3.8, 4) is 0 Å². The fraction of sp³-hybridized carbons (Fsp3) is 0.769. The Bertz CT molecular complexity index is 365. The van der Waals surface area contributed by atoms with Gasteiger partial charge in [0.2, 0.25) is 0 Å². The van der Waals surface area contributed by atoms with Gasteiger partial charge in [-0.3, -0.25) is 0 Å². The van der Waals surface area contributed by atoms with Crippen LogP contribution in [0.3, 0.4) is 0 Å². The van der Waals surface area contributed by atoms with E-state index in [4.69, 9.17) is 0 Å². The van der Waals surface area contributed by atoms with Crippen molar-refractivity contribution in [3.05, 3.63) is 17.7 Å². The van der Waals surface area contributed by atoms with Gasteiger partial charge in [-0.05, 0) is 6.42 Å². The first-order chi connectivity index (χ1) is 8.70. The van der Waals surface area contributed by atoms with Crippen LogP contribution in [0.2, 0.25) is 0 Å². The highest BCUT2D eigenvalue weighted by Crippen LogP contribution is 2.42. The third-order valence-corrected chi connectivity index (χ3v) is 6.33. The summed E-state index contributed by atoms with van der Waals surface area (Å²) < 4.78 is 0. The van der Waals surface area contributed by atoms with E-state index >= 15 is 0 Å². The van der Waals surface area contributed by atoms with Gasteiger partial charge >= 0.3 is 0 Å². The molecule has 2 heterocycles. The van der Waals surface area contributed by atoms with Crippen LogP contribution in [0.25, 0.3) is 0 Å². The van der Waals surface area contributed by atoms with Gasteiger partial charge in [-0.2, -0.15) is 11.8 Å². The monoisotopic (exact) mass is 285 g/mol. The Labute approximate surface area is 118 Å². The van der Waals surface area contributed by atoms with E-state index in [0.29, 0.717) is 16.5 Å². The molecule has 1 saturated heterocycles. The first-order valence-corrected chi connectivity index (χ1v) is 8.80. The van der Waals surface area contributed by atoms with Crippen molar-refractivity contribution in [1.29, 1.82) is 0 Å². The molecule has 2 atom stereocenters. The zero-order valence-corrected chi connectivity index (χ0v) is 13.0. The minimum Gasteiger partial charge on any atom is -0.344 e. The van der Waals surface area contributed by atoms with Crippen molar-refractivity contribution in [3.63, 3.8) is 0 Å². The van der Waals surface area contributed by atoms with Crippen LogP contribution in [-0.4, -0.2) is 32.8 Å². The van der Waals surface area contributed by atoms with E-state index in [1.807, 2.05) is 6.20 Å². The first kappa shape index (κ1) is 14.3. The van der Waals surface area contributed by atoms with E-state index in [0.717, 1.165) is 6.54 Å². The van der Waals surface area contributed by atoms with E-state index in [-0.39, 0.29) is 0 Å². The summed E-state index contributed by atoms with van der Waals surface area (Å²) in [7, 11) is 0. The van der Waals surface area contributed by atoms with E-state index < -0.39 is 0 Å². The zero-order chi connectivity index (χ0) is 13.0. The average molecular weight is 285 g/mol. The van der Waals surface area contributed by atoms with E-state index in [9.17, 15) is 0 Å². The molecule has 0 radical (unpaired) electrons. The highest BCUT2D eigenvalue weighted by molar-refractivity contribution is 8.06. The van der Waals surface area contributed by atoms with Crippen molar-refractivity contribution in [1.82, 2.24) is 15.3 Å². The number of hydrogen-bond acceptors (Lipinski definition) is 4. The number of aromatic nitrogens is 2. The highest BCUT2D eigenvalue weighted by atomic mass is 32.2. The molecular weight excluding hydrogens is 262 g/mol. The van der Waals surface area contributed by atoms with Gasteiger partial charge in [-0.15, -0.1) is 11.8 Å². The molecule has 3 nitrogen and oxygen atoms in total. The Morgan fingerprint density at radius 1 is 1.44 bits per heavy atom. The first-order valence-electron chi connectivity index (χ1n) is 6.71. The van der Waals surface area contributed by atoms with Gasteiger partial charge in [0.25, 0.3) is 0 Å². The van der Waals surface area contributed by atoms with Gasteiger partial charge in [-0.25, -0.2) is 4.98 Å². The molecule has 0 aliphatic carbocycles. The number of hydrogen-bond donors (Lipinski definition) is 2. The number of imidazole rings is 1. The number of rotatable bonds is 5. The molecule has 1 aromatic rings. The van der Waals surface area contributed by atoms with E-state index in [1.54, 1.807) is 0 Å². The van der Waals surface area contributed by atoms with Crippen molar-refractivity contribution in [2.24, 2.45) is 0 Å². The molecule has 2 unspecified atom stereocenters. The quantitative estimate of drug-likeness (QED) is 0.871. The van der Waals surface area contributed by atoms with Crippen LogP contribution in [0.4, 0.5) is 0 Å². The molecule has 0 amide bonds. The lowest BCUT2D eigenvalue weighted by atomic mass is 10.2. The van der Waals surface area contributed by atoms with Crippen LogP contribution in [0.5, 0.6) is 0 Å². The maximum absolute atomic E-state index is 4.59. The normalized spacial score (nSPS) is 24.7. The average Bonchev–Trinajstić information content (AvgIpc) is 2.85. The second-order valence-electron chi connectivity index (χ2n) is 4.94. The Morgan fingerprint density at radius 3 is 2.94 bits per heavy atom. The SMILES string of the molecule is CCC1SCCSC1c1ncc(CNC(C)C)[nH]1. The van der Waals surface area contributed by atoms with Crippen molar-refractivity contribution in [2.75, 3.05) is 11.5 Å². The van der Waals surface area contributed by atoms with Crippen molar-refractivity contribution in [2.45, 2.75) is 50.3 Å².